The second-order valence-corrected chi connectivity index (χ2v) is 10.6. The second-order valence-electron chi connectivity index (χ2n) is 8.78. The average molecular weight is 458 g/mol. The molecule has 1 aliphatic rings. The number of nitrogen functional groups attached to an aromatic ring is 1. The Morgan fingerprint density at radius 2 is 1.97 bits per heavy atom. The van der Waals surface area contributed by atoms with E-state index in [1.165, 1.54) is 15.4 Å². The molecular weight excluding hydrogens is 430 g/mol. The highest BCUT2D eigenvalue weighted by Gasteiger charge is 2.40. The van der Waals surface area contributed by atoms with E-state index in [1.54, 1.807) is 63.4 Å². The monoisotopic (exact) mass is 457 g/mol. The third-order valence-corrected chi connectivity index (χ3v) is 7.12. The molecule has 1 fully saturated rings. The van der Waals surface area contributed by atoms with Crippen molar-refractivity contribution in [1.29, 1.82) is 0 Å². The van der Waals surface area contributed by atoms with Crippen LogP contribution in [0, 0.1) is 0 Å². The van der Waals surface area contributed by atoms with Gasteiger partial charge in [-0.1, -0.05) is 18.2 Å². The fourth-order valence-corrected chi connectivity index (χ4v) is 5.62. The Morgan fingerprint density at radius 3 is 2.66 bits per heavy atom. The number of rotatable bonds is 4. The molecule has 0 saturated carbocycles. The minimum absolute atomic E-state index is 0.149. The van der Waals surface area contributed by atoms with Crippen LogP contribution in [0.25, 0.3) is 11.0 Å². The second kappa shape index (κ2) is 8.01. The van der Waals surface area contributed by atoms with E-state index in [1.807, 2.05) is 0 Å². The number of nitrogens with one attached hydrogen (secondary N) is 1. The first-order chi connectivity index (χ1) is 15.1. The lowest BCUT2D eigenvalue weighted by Crippen LogP contribution is -2.44. The third kappa shape index (κ3) is 4.10. The van der Waals surface area contributed by atoms with Gasteiger partial charge in [0.15, 0.2) is 0 Å². The van der Waals surface area contributed by atoms with Gasteiger partial charge < -0.3 is 20.4 Å². The smallest absolute Gasteiger partial charge is 0.410 e. The number of likely N-dealkylation sites (tertiary alicyclic amines) is 1. The summed E-state index contributed by atoms with van der Waals surface area (Å²) in [5, 5.41) is 0.597. The predicted octanol–water partition coefficient (Wildman–Crippen LogP) is 3.35. The van der Waals surface area contributed by atoms with Crippen LogP contribution in [0.15, 0.2) is 53.7 Å². The number of carbonyl (C=O) groups excluding carboxylic acids is 1. The molecule has 10 heteroatoms. The van der Waals surface area contributed by atoms with Crippen LogP contribution in [0.5, 0.6) is 0 Å². The number of ether oxygens (including phenoxy) is 1. The van der Waals surface area contributed by atoms with Crippen molar-refractivity contribution in [3.63, 3.8) is 0 Å². The molecule has 0 spiro atoms. The van der Waals surface area contributed by atoms with Crippen LogP contribution >= 0.6 is 0 Å². The summed E-state index contributed by atoms with van der Waals surface area (Å²) < 4.78 is 34.5. The largest absolute Gasteiger partial charge is 0.444 e. The number of benzene rings is 1. The van der Waals surface area contributed by atoms with Crippen LogP contribution in [0.1, 0.15) is 27.2 Å². The van der Waals surface area contributed by atoms with Crippen LogP contribution < -0.4 is 10.0 Å². The minimum atomic E-state index is -3.98. The van der Waals surface area contributed by atoms with Crippen molar-refractivity contribution in [3.8, 4) is 0 Å². The molecular formula is C22H27N5O4S. The third-order valence-electron chi connectivity index (χ3n) is 5.25. The number of H-pyrrole nitrogens is 1. The van der Waals surface area contributed by atoms with Gasteiger partial charge in [-0.15, -0.1) is 0 Å². The summed E-state index contributed by atoms with van der Waals surface area (Å²) in [5.41, 5.74) is 6.77. The zero-order valence-electron chi connectivity index (χ0n) is 18.3. The molecule has 3 aromatic rings. The van der Waals surface area contributed by atoms with E-state index in [2.05, 4.69) is 9.97 Å². The van der Waals surface area contributed by atoms with Crippen molar-refractivity contribution in [1.82, 2.24) is 14.9 Å². The lowest BCUT2D eigenvalue weighted by molar-refractivity contribution is 0.0293. The normalized spacial score (nSPS) is 17.0. The van der Waals surface area contributed by atoms with E-state index in [0.717, 1.165) is 0 Å². The predicted molar refractivity (Wildman–Crippen MR) is 123 cm³/mol. The molecule has 3 N–H and O–H groups in total. The van der Waals surface area contributed by atoms with Gasteiger partial charge in [0.2, 0.25) is 0 Å². The van der Waals surface area contributed by atoms with Crippen molar-refractivity contribution in [2.75, 3.05) is 23.1 Å². The number of nitrogens with two attached hydrogens (primary N) is 1. The number of nitrogens with zero attached hydrogens (tertiary/aromatic N) is 3. The van der Waals surface area contributed by atoms with E-state index < -0.39 is 27.8 Å². The number of pyridine rings is 1. The number of hydrogen-bond acceptors (Lipinski definition) is 6. The minimum Gasteiger partial charge on any atom is -0.444 e. The highest BCUT2D eigenvalue weighted by atomic mass is 32.2. The van der Waals surface area contributed by atoms with Crippen molar-refractivity contribution in [3.05, 3.63) is 48.8 Å². The Hall–Kier alpha value is -3.27. The summed E-state index contributed by atoms with van der Waals surface area (Å²) in [7, 11) is -3.98. The SMILES string of the molecule is CC(C)(C)OC(=O)N1CCC(N(c2c(N)cnc3[nH]ccc23)S(=O)(=O)c2ccccc2)C1. The quantitative estimate of drug-likeness (QED) is 0.620. The van der Waals surface area contributed by atoms with Gasteiger partial charge >= 0.3 is 6.09 Å². The Kier molecular flexibility index (Phi) is 5.49. The lowest BCUT2D eigenvalue weighted by Gasteiger charge is -2.32. The van der Waals surface area contributed by atoms with Gasteiger partial charge in [0.05, 0.1) is 28.5 Å². The number of aromatic nitrogens is 2. The molecule has 0 radical (unpaired) electrons. The van der Waals surface area contributed by atoms with Crippen LogP contribution in [0.3, 0.4) is 0 Å². The molecule has 1 amide bonds. The summed E-state index contributed by atoms with van der Waals surface area (Å²) in [6, 6.07) is 9.44. The summed E-state index contributed by atoms with van der Waals surface area (Å²) in [6.07, 6.45) is 3.11. The highest BCUT2D eigenvalue weighted by Crippen LogP contribution is 2.38. The fraction of sp³-hybridized carbons (Fsp3) is 0.364. The van der Waals surface area contributed by atoms with Crippen LogP contribution in [0.4, 0.5) is 16.2 Å². The first-order valence-electron chi connectivity index (χ1n) is 10.4. The van der Waals surface area contributed by atoms with Gasteiger partial charge in [-0.2, -0.15) is 0 Å². The molecule has 4 rings (SSSR count). The molecule has 9 nitrogen and oxygen atoms in total. The average Bonchev–Trinajstić information content (AvgIpc) is 3.39. The molecule has 1 aliphatic heterocycles. The van der Waals surface area contributed by atoms with Gasteiger partial charge in [-0.25, -0.2) is 18.2 Å². The van der Waals surface area contributed by atoms with Gasteiger partial charge in [0, 0.05) is 24.7 Å². The zero-order valence-corrected chi connectivity index (χ0v) is 19.1. The molecule has 170 valence electrons. The van der Waals surface area contributed by atoms with E-state index in [0.29, 0.717) is 29.7 Å². The molecule has 1 aromatic carbocycles. The van der Waals surface area contributed by atoms with E-state index in [4.69, 9.17) is 10.5 Å². The van der Waals surface area contributed by atoms with Gasteiger partial charge in [-0.3, -0.25) is 4.31 Å². The first-order valence-corrected chi connectivity index (χ1v) is 11.8. The number of sulfonamides is 1. The standard InChI is InChI=1S/C22H27N5O4S/c1-22(2,3)31-21(28)26-12-10-15(14-26)27(32(29,30)16-7-5-4-6-8-16)19-17-9-11-24-20(17)25-13-18(19)23/h4-9,11,13,15H,10,12,14,23H2,1-3H3,(H,24,25). The number of aromatic amines is 1. The maximum atomic E-state index is 13.8. The maximum absolute atomic E-state index is 13.8. The van der Waals surface area contributed by atoms with Crippen LogP contribution in [0.2, 0.25) is 0 Å². The fourth-order valence-electron chi connectivity index (χ4n) is 3.89. The van der Waals surface area contributed by atoms with E-state index in [9.17, 15) is 13.2 Å². The van der Waals surface area contributed by atoms with Crippen molar-refractivity contribution in [2.24, 2.45) is 0 Å². The van der Waals surface area contributed by atoms with Crippen LogP contribution in [-0.4, -0.2) is 54.1 Å². The Morgan fingerprint density at radius 1 is 1.25 bits per heavy atom. The van der Waals surface area contributed by atoms with Gasteiger partial charge in [-0.05, 0) is 45.4 Å². The first kappa shape index (κ1) is 21.9. The lowest BCUT2D eigenvalue weighted by atomic mass is 10.2. The van der Waals surface area contributed by atoms with Crippen molar-refractivity contribution >= 4 is 38.5 Å². The summed E-state index contributed by atoms with van der Waals surface area (Å²) in [5.74, 6) is 0. The van der Waals surface area contributed by atoms with Crippen molar-refractivity contribution < 1.29 is 17.9 Å². The molecule has 0 aliphatic carbocycles. The summed E-state index contributed by atoms with van der Waals surface area (Å²) in [4.78, 5) is 21.6. The highest BCUT2D eigenvalue weighted by molar-refractivity contribution is 7.93. The molecule has 0 bridgehead atoms. The van der Waals surface area contributed by atoms with E-state index >= 15 is 0 Å². The number of amides is 1. The zero-order chi connectivity index (χ0) is 23.1. The molecule has 1 unspecified atom stereocenters. The molecule has 1 atom stereocenters. The van der Waals surface area contributed by atoms with Crippen molar-refractivity contribution in [2.45, 2.75) is 43.7 Å². The Balaban J connectivity index is 1.79. The number of fused-ring (bicyclic) bond motifs is 1. The molecule has 1 saturated heterocycles. The van der Waals surface area contributed by atoms with Gasteiger partial charge in [0.1, 0.15) is 11.2 Å². The number of hydrogen-bond donors (Lipinski definition) is 2. The maximum Gasteiger partial charge on any atom is 0.410 e. The number of anilines is 2. The molecule has 2 aromatic heterocycles. The van der Waals surface area contributed by atoms with E-state index in [-0.39, 0.29) is 17.1 Å². The van der Waals surface area contributed by atoms with Crippen LogP contribution in [-0.2, 0) is 14.8 Å². The molecule has 32 heavy (non-hydrogen) atoms. The summed E-state index contributed by atoms with van der Waals surface area (Å²) >= 11 is 0. The van der Waals surface area contributed by atoms with Gasteiger partial charge in [0.25, 0.3) is 10.0 Å². The Bertz CT molecular complexity index is 1230. The topological polar surface area (TPSA) is 122 Å². The molecule has 3 heterocycles. The summed E-state index contributed by atoms with van der Waals surface area (Å²) in [6.45, 7) is 5.96. The number of carbonyl (C=O) groups is 1. The Labute approximate surface area is 187 Å².